The van der Waals surface area contributed by atoms with Gasteiger partial charge < -0.3 is 0 Å². The highest BCUT2D eigenvalue weighted by atomic mass is 14.1. The van der Waals surface area contributed by atoms with Crippen molar-refractivity contribution in [3.05, 3.63) is 60.2 Å². The Hall–Kier alpha value is -1.56. The maximum Gasteiger partial charge on any atom is -0.0149 e. The van der Waals surface area contributed by atoms with Crippen LogP contribution in [-0.2, 0) is 0 Å². The zero-order valence-corrected chi connectivity index (χ0v) is 9.20. The van der Waals surface area contributed by atoms with Crippen LogP contribution in [0, 0.1) is 6.07 Å². The fraction of sp³-hybridized carbons (Fsp3) is 0.200. The molecule has 0 atom stereocenters. The molecule has 0 unspecified atom stereocenters. The van der Waals surface area contributed by atoms with E-state index in [0.29, 0.717) is 5.92 Å². The first-order chi connectivity index (χ1) is 7.29. The highest BCUT2D eigenvalue weighted by Gasteiger charge is 2.06. The van der Waals surface area contributed by atoms with Crippen LogP contribution in [0.5, 0.6) is 0 Å². The van der Waals surface area contributed by atoms with E-state index in [1.165, 1.54) is 16.7 Å². The lowest BCUT2D eigenvalue weighted by atomic mass is 9.93. The highest BCUT2D eigenvalue weighted by molar-refractivity contribution is 5.67. The Kier molecular flexibility index (Phi) is 2.86. The maximum absolute atomic E-state index is 3.15. The molecule has 0 nitrogen and oxygen atoms in total. The summed E-state index contributed by atoms with van der Waals surface area (Å²) in [6.07, 6.45) is 0. The number of rotatable bonds is 2. The van der Waals surface area contributed by atoms with Gasteiger partial charge in [-0.1, -0.05) is 62.4 Å². The Balaban J connectivity index is 2.53. The van der Waals surface area contributed by atoms with Crippen molar-refractivity contribution in [2.24, 2.45) is 0 Å². The van der Waals surface area contributed by atoms with Crippen molar-refractivity contribution in [2.75, 3.05) is 0 Å². The lowest BCUT2D eigenvalue weighted by Gasteiger charge is -2.12. The summed E-state index contributed by atoms with van der Waals surface area (Å²) < 4.78 is 0. The smallest absolute Gasteiger partial charge is 0.0149 e. The van der Waals surface area contributed by atoms with Crippen LogP contribution >= 0.6 is 0 Å². The topological polar surface area (TPSA) is 0 Å². The van der Waals surface area contributed by atoms with Gasteiger partial charge in [0.05, 0.1) is 0 Å². The Morgan fingerprint density at radius 2 is 1.73 bits per heavy atom. The van der Waals surface area contributed by atoms with Crippen LogP contribution in [0.2, 0.25) is 0 Å². The van der Waals surface area contributed by atoms with Crippen molar-refractivity contribution >= 4 is 0 Å². The number of benzene rings is 2. The van der Waals surface area contributed by atoms with Crippen molar-refractivity contribution < 1.29 is 0 Å². The van der Waals surface area contributed by atoms with E-state index in [4.69, 9.17) is 0 Å². The first kappa shape index (κ1) is 9.97. The molecule has 0 spiro atoms. The molecule has 0 amide bonds. The van der Waals surface area contributed by atoms with Crippen LogP contribution in [0.25, 0.3) is 11.1 Å². The lowest BCUT2D eigenvalue weighted by molar-refractivity contribution is 0.869. The summed E-state index contributed by atoms with van der Waals surface area (Å²) in [6, 6.07) is 19.9. The molecule has 0 heterocycles. The van der Waals surface area contributed by atoms with Crippen LogP contribution in [0.15, 0.2) is 48.5 Å². The first-order valence-corrected chi connectivity index (χ1v) is 5.34. The van der Waals surface area contributed by atoms with Gasteiger partial charge in [0.2, 0.25) is 0 Å². The molecule has 2 aromatic rings. The van der Waals surface area contributed by atoms with Crippen molar-refractivity contribution in [2.45, 2.75) is 19.8 Å². The molecule has 0 aliphatic carbocycles. The molecule has 0 aliphatic rings. The van der Waals surface area contributed by atoms with Gasteiger partial charge in [-0.15, -0.1) is 0 Å². The second-order valence-electron chi connectivity index (χ2n) is 4.03. The van der Waals surface area contributed by atoms with Crippen LogP contribution in [0.1, 0.15) is 25.3 Å². The number of hydrogen-bond acceptors (Lipinski definition) is 0. The van der Waals surface area contributed by atoms with Gasteiger partial charge in [0.15, 0.2) is 0 Å². The average Bonchev–Trinajstić information content (AvgIpc) is 2.30. The third-order valence-corrected chi connectivity index (χ3v) is 2.60. The van der Waals surface area contributed by atoms with Gasteiger partial charge in [0.25, 0.3) is 0 Å². The van der Waals surface area contributed by atoms with Crippen molar-refractivity contribution in [1.82, 2.24) is 0 Å². The summed E-state index contributed by atoms with van der Waals surface area (Å²) >= 11 is 0. The van der Waals surface area contributed by atoms with E-state index >= 15 is 0 Å². The molecule has 0 saturated carbocycles. The fourth-order valence-corrected chi connectivity index (χ4v) is 1.80. The largest absolute Gasteiger partial charge is 0.0622 e. The van der Waals surface area contributed by atoms with Crippen molar-refractivity contribution in [3.8, 4) is 11.1 Å². The second kappa shape index (κ2) is 4.31. The van der Waals surface area contributed by atoms with Gasteiger partial charge in [-0.05, 0) is 28.7 Å². The van der Waals surface area contributed by atoms with E-state index in [0.717, 1.165) is 0 Å². The molecule has 2 rings (SSSR count). The van der Waals surface area contributed by atoms with Crippen LogP contribution in [-0.4, -0.2) is 0 Å². The van der Waals surface area contributed by atoms with E-state index in [1.807, 2.05) is 12.1 Å². The van der Waals surface area contributed by atoms with E-state index in [9.17, 15) is 0 Å². The van der Waals surface area contributed by atoms with E-state index < -0.39 is 0 Å². The Labute approximate surface area is 91.6 Å². The molecule has 0 fully saturated rings. The summed E-state index contributed by atoms with van der Waals surface area (Å²) in [6.45, 7) is 4.44. The molecule has 0 bridgehead atoms. The minimum atomic E-state index is 0.539. The first-order valence-electron chi connectivity index (χ1n) is 5.34. The van der Waals surface area contributed by atoms with Crippen molar-refractivity contribution in [1.29, 1.82) is 0 Å². The quantitative estimate of drug-likeness (QED) is 0.671. The van der Waals surface area contributed by atoms with Gasteiger partial charge >= 0.3 is 0 Å². The summed E-state index contributed by atoms with van der Waals surface area (Å²) in [5.41, 5.74) is 3.98. The highest BCUT2D eigenvalue weighted by Crippen LogP contribution is 2.28. The van der Waals surface area contributed by atoms with Gasteiger partial charge in [-0.25, -0.2) is 0 Å². The van der Waals surface area contributed by atoms with Crippen LogP contribution < -0.4 is 0 Å². The van der Waals surface area contributed by atoms with Crippen LogP contribution in [0.4, 0.5) is 0 Å². The summed E-state index contributed by atoms with van der Waals surface area (Å²) in [7, 11) is 0. The normalized spacial score (nSPS) is 10.6. The third-order valence-electron chi connectivity index (χ3n) is 2.60. The summed E-state index contributed by atoms with van der Waals surface area (Å²) in [5.74, 6) is 0.539. The maximum atomic E-state index is 3.15. The molecule has 0 N–H and O–H groups in total. The minimum absolute atomic E-state index is 0.539. The number of hydrogen-bond donors (Lipinski definition) is 0. The Morgan fingerprint density at radius 1 is 1.00 bits per heavy atom. The Morgan fingerprint density at radius 3 is 2.40 bits per heavy atom. The Bertz CT molecular complexity index is 427. The molecule has 0 heteroatoms. The zero-order chi connectivity index (χ0) is 10.7. The molecule has 75 valence electrons. The van der Waals surface area contributed by atoms with Gasteiger partial charge in [0, 0.05) is 0 Å². The molecular formula is C15H15. The SMILES string of the molecule is CC(C)c1c[c]ccc1-c1ccccc1. The van der Waals surface area contributed by atoms with Gasteiger partial charge in [0.1, 0.15) is 0 Å². The molecule has 0 aromatic heterocycles. The monoisotopic (exact) mass is 195 g/mol. The summed E-state index contributed by atoms with van der Waals surface area (Å²) in [5, 5.41) is 0. The fourth-order valence-electron chi connectivity index (χ4n) is 1.80. The molecule has 0 saturated heterocycles. The molecule has 15 heavy (non-hydrogen) atoms. The second-order valence-corrected chi connectivity index (χ2v) is 4.03. The lowest BCUT2D eigenvalue weighted by Crippen LogP contribution is -1.91. The van der Waals surface area contributed by atoms with E-state index in [2.05, 4.69) is 56.3 Å². The third kappa shape index (κ3) is 2.10. The van der Waals surface area contributed by atoms with E-state index in [1.54, 1.807) is 0 Å². The predicted molar refractivity (Wildman–Crippen MR) is 64.8 cm³/mol. The standard InChI is InChI=1S/C15H15/c1-12(2)14-10-6-7-11-15(14)13-8-4-3-5-9-13/h3-5,7-12H,1-2H3. The van der Waals surface area contributed by atoms with E-state index in [-0.39, 0.29) is 0 Å². The zero-order valence-electron chi connectivity index (χ0n) is 9.20. The summed E-state index contributed by atoms with van der Waals surface area (Å²) in [4.78, 5) is 0. The molecule has 1 radical (unpaired) electrons. The van der Waals surface area contributed by atoms with Gasteiger partial charge in [-0.3, -0.25) is 0 Å². The van der Waals surface area contributed by atoms with Crippen molar-refractivity contribution in [3.63, 3.8) is 0 Å². The van der Waals surface area contributed by atoms with Crippen LogP contribution in [0.3, 0.4) is 0 Å². The molecular weight excluding hydrogens is 180 g/mol. The molecule has 2 aromatic carbocycles. The predicted octanol–water partition coefficient (Wildman–Crippen LogP) is 4.28. The molecule has 0 aliphatic heterocycles. The minimum Gasteiger partial charge on any atom is -0.0622 e. The average molecular weight is 195 g/mol. The van der Waals surface area contributed by atoms with Gasteiger partial charge in [-0.2, -0.15) is 0 Å².